The van der Waals surface area contributed by atoms with Crippen LogP contribution in [-0.4, -0.2) is 16.8 Å². The van der Waals surface area contributed by atoms with Gasteiger partial charge in [-0.2, -0.15) is 0 Å². The van der Waals surface area contributed by atoms with Crippen LogP contribution in [0.15, 0.2) is 85.1 Å². The van der Waals surface area contributed by atoms with Gasteiger partial charge in [0.25, 0.3) is 11.8 Å². The number of halogens is 1. The zero-order chi connectivity index (χ0) is 20.9. The van der Waals surface area contributed by atoms with E-state index < -0.39 is 0 Å². The van der Waals surface area contributed by atoms with Crippen LogP contribution in [0.2, 0.25) is 0 Å². The van der Waals surface area contributed by atoms with Crippen molar-refractivity contribution in [3.8, 4) is 0 Å². The molecular formula is C24H18FN3O2. The minimum absolute atomic E-state index is 0.0963. The van der Waals surface area contributed by atoms with Gasteiger partial charge in [-0.05, 0) is 42.5 Å². The summed E-state index contributed by atoms with van der Waals surface area (Å²) in [7, 11) is 0. The highest BCUT2D eigenvalue weighted by Crippen LogP contribution is 2.18. The molecule has 0 atom stereocenters. The number of para-hydroxylation sites is 1. The fourth-order valence-corrected chi connectivity index (χ4v) is 3.12. The summed E-state index contributed by atoms with van der Waals surface area (Å²) in [5.74, 6) is -0.943. The van der Waals surface area contributed by atoms with Gasteiger partial charge in [-0.25, -0.2) is 4.39 Å². The molecule has 0 bridgehead atoms. The van der Waals surface area contributed by atoms with Crippen LogP contribution < -0.4 is 10.6 Å². The van der Waals surface area contributed by atoms with E-state index in [9.17, 15) is 14.0 Å². The summed E-state index contributed by atoms with van der Waals surface area (Å²) in [6.45, 7) is 0.0963. The second kappa shape index (κ2) is 8.53. The van der Waals surface area contributed by atoms with Gasteiger partial charge in [-0.3, -0.25) is 14.6 Å². The van der Waals surface area contributed by atoms with Crippen molar-refractivity contribution in [2.75, 3.05) is 5.32 Å². The van der Waals surface area contributed by atoms with Crippen LogP contribution in [0.1, 0.15) is 26.3 Å². The molecule has 0 saturated heterocycles. The predicted octanol–water partition coefficient (Wildman–Crippen LogP) is 4.56. The van der Waals surface area contributed by atoms with Crippen LogP contribution in [-0.2, 0) is 6.54 Å². The molecule has 2 N–H and O–H groups in total. The third kappa shape index (κ3) is 4.17. The molecule has 0 aliphatic rings. The summed E-state index contributed by atoms with van der Waals surface area (Å²) < 4.78 is 13.7. The highest BCUT2D eigenvalue weighted by Gasteiger charge is 2.12. The van der Waals surface area contributed by atoms with E-state index in [0.29, 0.717) is 22.4 Å². The number of anilines is 1. The minimum Gasteiger partial charge on any atom is -0.348 e. The van der Waals surface area contributed by atoms with Gasteiger partial charge in [0, 0.05) is 34.9 Å². The number of fused-ring (bicyclic) bond motifs is 1. The number of carbonyl (C=O) groups is 2. The first-order chi connectivity index (χ1) is 14.6. The van der Waals surface area contributed by atoms with Crippen molar-refractivity contribution in [3.05, 3.63) is 108 Å². The molecule has 0 unspecified atom stereocenters. The molecule has 0 aliphatic carbocycles. The second-order valence-electron chi connectivity index (χ2n) is 6.68. The predicted molar refractivity (Wildman–Crippen MR) is 114 cm³/mol. The van der Waals surface area contributed by atoms with E-state index in [2.05, 4.69) is 15.6 Å². The molecule has 0 aliphatic heterocycles. The number of hydrogen-bond acceptors (Lipinski definition) is 3. The fourth-order valence-electron chi connectivity index (χ4n) is 3.12. The molecule has 0 spiro atoms. The number of rotatable bonds is 5. The standard InChI is InChI=1S/C24H18FN3O2/c25-21-7-3-1-5-17(21)15-27-23(29)16-9-11-18(12-10-16)28-24(30)20-13-14-26-22-8-4-2-6-19(20)22/h1-14H,15H2,(H,27,29)(H,28,30). The van der Waals surface area contributed by atoms with Gasteiger partial charge in [0.1, 0.15) is 5.82 Å². The average Bonchev–Trinajstić information content (AvgIpc) is 2.78. The Morgan fingerprint density at radius 2 is 1.57 bits per heavy atom. The molecule has 6 heteroatoms. The molecule has 4 aromatic rings. The third-order valence-corrected chi connectivity index (χ3v) is 4.70. The first kappa shape index (κ1) is 19.3. The summed E-state index contributed by atoms with van der Waals surface area (Å²) in [4.78, 5) is 29.2. The summed E-state index contributed by atoms with van der Waals surface area (Å²) in [5.41, 5.74) is 2.66. The molecule has 4 rings (SSSR count). The van der Waals surface area contributed by atoms with Crippen molar-refractivity contribution in [2.45, 2.75) is 6.54 Å². The monoisotopic (exact) mass is 399 g/mol. The molecule has 5 nitrogen and oxygen atoms in total. The number of pyridine rings is 1. The molecule has 2 amide bonds. The number of nitrogens with one attached hydrogen (secondary N) is 2. The Morgan fingerprint density at radius 3 is 2.37 bits per heavy atom. The molecule has 3 aromatic carbocycles. The second-order valence-corrected chi connectivity index (χ2v) is 6.68. The smallest absolute Gasteiger partial charge is 0.256 e. The van der Waals surface area contributed by atoms with Crippen LogP contribution in [0.25, 0.3) is 10.9 Å². The van der Waals surface area contributed by atoms with E-state index in [1.807, 2.05) is 24.3 Å². The molecule has 1 heterocycles. The molecular weight excluding hydrogens is 381 g/mol. The normalized spacial score (nSPS) is 10.6. The maximum Gasteiger partial charge on any atom is 0.256 e. The van der Waals surface area contributed by atoms with E-state index >= 15 is 0 Å². The van der Waals surface area contributed by atoms with Crippen molar-refractivity contribution in [3.63, 3.8) is 0 Å². The first-order valence-corrected chi connectivity index (χ1v) is 9.38. The average molecular weight is 399 g/mol. The largest absolute Gasteiger partial charge is 0.348 e. The Labute approximate surface area is 172 Å². The van der Waals surface area contributed by atoms with Gasteiger partial charge < -0.3 is 10.6 Å². The topological polar surface area (TPSA) is 71.1 Å². The lowest BCUT2D eigenvalue weighted by atomic mass is 10.1. The lowest BCUT2D eigenvalue weighted by Crippen LogP contribution is -2.23. The fraction of sp³-hybridized carbons (Fsp3) is 0.0417. The van der Waals surface area contributed by atoms with E-state index in [0.717, 1.165) is 10.9 Å². The molecule has 0 saturated carbocycles. The van der Waals surface area contributed by atoms with Crippen molar-refractivity contribution >= 4 is 28.4 Å². The minimum atomic E-state index is -0.362. The summed E-state index contributed by atoms with van der Waals surface area (Å²) in [6, 6.07) is 21.9. The van der Waals surface area contributed by atoms with E-state index in [4.69, 9.17) is 0 Å². The quantitative estimate of drug-likeness (QED) is 0.517. The number of aromatic nitrogens is 1. The molecule has 0 fully saturated rings. The number of hydrogen-bond donors (Lipinski definition) is 2. The van der Waals surface area contributed by atoms with Crippen LogP contribution in [0, 0.1) is 5.82 Å². The highest BCUT2D eigenvalue weighted by atomic mass is 19.1. The van der Waals surface area contributed by atoms with Crippen LogP contribution in [0.5, 0.6) is 0 Å². The summed E-state index contributed by atoms with van der Waals surface area (Å²) >= 11 is 0. The number of nitrogens with zero attached hydrogens (tertiary/aromatic N) is 1. The van der Waals surface area contributed by atoms with Crippen LogP contribution in [0.3, 0.4) is 0 Å². The van der Waals surface area contributed by atoms with Crippen molar-refractivity contribution < 1.29 is 14.0 Å². The van der Waals surface area contributed by atoms with Gasteiger partial charge in [-0.1, -0.05) is 36.4 Å². The van der Waals surface area contributed by atoms with Crippen LogP contribution >= 0.6 is 0 Å². The Morgan fingerprint density at radius 1 is 0.833 bits per heavy atom. The highest BCUT2D eigenvalue weighted by molar-refractivity contribution is 6.12. The summed E-state index contributed by atoms with van der Waals surface area (Å²) in [5, 5.41) is 6.29. The van der Waals surface area contributed by atoms with Crippen molar-refractivity contribution in [1.29, 1.82) is 0 Å². The van der Waals surface area contributed by atoms with Crippen LogP contribution in [0.4, 0.5) is 10.1 Å². The number of carbonyl (C=O) groups excluding carboxylic acids is 2. The Bertz CT molecular complexity index is 1220. The Kier molecular flexibility index (Phi) is 5.48. The maximum atomic E-state index is 13.7. The van der Waals surface area contributed by atoms with E-state index in [-0.39, 0.29) is 24.2 Å². The SMILES string of the molecule is O=C(NCc1ccccc1F)c1ccc(NC(=O)c2ccnc3ccccc23)cc1. The lowest BCUT2D eigenvalue weighted by Gasteiger charge is -2.09. The van der Waals surface area contributed by atoms with Gasteiger partial charge in [-0.15, -0.1) is 0 Å². The molecule has 0 radical (unpaired) electrons. The molecule has 1 aromatic heterocycles. The zero-order valence-electron chi connectivity index (χ0n) is 15.9. The van der Waals surface area contributed by atoms with Gasteiger partial charge in [0.2, 0.25) is 0 Å². The van der Waals surface area contributed by atoms with E-state index in [1.54, 1.807) is 54.7 Å². The van der Waals surface area contributed by atoms with Crippen molar-refractivity contribution in [1.82, 2.24) is 10.3 Å². The zero-order valence-corrected chi connectivity index (χ0v) is 15.9. The van der Waals surface area contributed by atoms with Crippen molar-refractivity contribution in [2.24, 2.45) is 0 Å². The van der Waals surface area contributed by atoms with Gasteiger partial charge >= 0.3 is 0 Å². The van der Waals surface area contributed by atoms with Gasteiger partial charge in [0.15, 0.2) is 0 Å². The first-order valence-electron chi connectivity index (χ1n) is 9.38. The Balaban J connectivity index is 1.42. The number of amides is 2. The third-order valence-electron chi connectivity index (χ3n) is 4.70. The van der Waals surface area contributed by atoms with Gasteiger partial charge in [0.05, 0.1) is 11.1 Å². The maximum absolute atomic E-state index is 13.7. The molecule has 30 heavy (non-hydrogen) atoms. The lowest BCUT2D eigenvalue weighted by molar-refractivity contribution is 0.0950. The van der Waals surface area contributed by atoms with E-state index in [1.165, 1.54) is 6.07 Å². The number of benzene rings is 3. The summed E-state index contributed by atoms with van der Waals surface area (Å²) in [6.07, 6.45) is 1.60. The molecule has 148 valence electrons. The Hall–Kier alpha value is -4.06.